The van der Waals surface area contributed by atoms with Gasteiger partial charge in [-0.2, -0.15) is 0 Å². The molecular formula is C63H42IrN-. The van der Waals surface area contributed by atoms with Crippen LogP contribution in [0.4, 0.5) is 0 Å². The van der Waals surface area contributed by atoms with E-state index in [1.54, 1.807) is 0 Å². The molecule has 309 valence electrons. The fourth-order valence-electron chi connectivity index (χ4n) is 8.90. The van der Waals surface area contributed by atoms with Crippen molar-refractivity contribution in [2.45, 2.75) is 0 Å². The number of benzene rings is 10. The molecule has 0 aliphatic heterocycles. The zero-order valence-electron chi connectivity index (χ0n) is 35.5. The Balaban J connectivity index is 0.00000498. The summed E-state index contributed by atoms with van der Waals surface area (Å²) in [6.45, 7) is 0. The second kappa shape index (κ2) is 18.5. The van der Waals surface area contributed by atoms with E-state index in [2.05, 4.69) is 249 Å². The van der Waals surface area contributed by atoms with Crippen molar-refractivity contribution in [2.24, 2.45) is 0 Å². The molecule has 11 rings (SSSR count). The molecule has 0 N–H and O–H groups in total. The molecule has 65 heavy (non-hydrogen) atoms. The molecule has 0 aliphatic carbocycles. The third kappa shape index (κ3) is 8.79. The van der Waals surface area contributed by atoms with Crippen molar-refractivity contribution in [1.29, 1.82) is 0 Å². The average molecular weight is 1010 g/mol. The number of pyridine rings is 1. The van der Waals surface area contributed by atoms with Crippen molar-refractivity contribution in [3.8, 4) is 100 Å². The summed E-state index contributed by atoms with van der Waals surface area (Å²) in [7, 11) is 0. The van der Waals surface area contributed by atoms with Gasteiger partial charge in [-0.25, -0.2) is 0 Å². The summed E-state index contributed by atoms with van der Waals surface area (Å²) in [6, 6.07) is 93.3. The van der Waals surface area contributed by atoms with E-state index in [-0.39, 0.29) is 20.1 Å². The van der Waals surface area contributed by atoms with E-state index in [0.29, 0.717) is 0 Å². The van der Waals surface area contributed by atoms with Crippen LogP contribution in [-0.2, 0) is 20.1 Å². The molecule has 0 aliphatic rings. The van der Waals surface area contributed by atoms with Gasteiger partial charge in [-0.05, 0) is 167 Å². The predicted molar refractivity (Wildman–Crippen MR) is 270 cm³/mol. The second-order valence-corrected chi connectivity index (χ2v) is 16.3. The molecule has 0 saturated carbocycles. The number of hydrogen-bond donors (Lipinski definition) is 0. The maximum absolute atomic E-state index is 4.82. The summed E-state index contributed by atoms with van der Waals surface area (Å²) in [5.74, 6) is 0. The quantitative estimate of drug-likeness (QED) is 0.131. The van der Waals surface area contributed by atoms with E-state index in [1.807, 2.05) is 12.3 Å². The third-order valence-electron chi connectivity index (χ3n) is 12.2. The summed E-state index contributed by atoms with van der Waals surface area (Å²) in [5, 5.41) is 2.29. The predicted octanol–water partition coefficient (Wildman–Crippen LogP) is 17.0. The van der Waals surface area contributed by atoms with Gasteiger partial charge < -0.3 is 4.98 Å². The van der Waals surface area contributed by atoms with E-state index in [9.17, 15) is 0 Å². The van der Waals surface area contributed by atoms with Gasteiger partial charge in [-0.3, -0.25) is 0 Å². The normalized spacial score (nSPS) is 11.0. The van der Waals surface area contributed by atoms with Gasteiger partial charge in [0.05, 0.1) is 0 Å². The monoisotopic (exact) mass is 1010 g/mol. The number of fused-ring (bicyclic) bond motifs is 1. The number of aromatic nitrogens is 1. The molecule has 0 amide bonds. The minimum absolute atomic E-state index is 0. The first-order valence-corrected chi connectivity index (χ1v) is 21.8. The maximum atomic E-state index is 4.82. The van der Waals surface area contributed by atoms with E-state index in [0.717, 1.165) is 61.2 Å². The van der Waals surface area contributed by atoms with Gasteiger partial charge in [0, 0.05) is 26.3 Å². The van der Waals surface area contributed by atoms with Crippen LogP contribution in [0.1, 0.15) is 0 Å². The van der Waals surface area contributed by atoms with E-state index in [1.165, 1.54) is 49.9 Å². The molecule has 11 aromatic rings. The van der Waals surface area contributed by atoms with Crippen LogP contribution in [0.15, 0.2) is 255 Å². The third-order valence-corrected chi connectivity index (χ3v) is 12.2. The molecule has 2 heteroatoms. The minimum atomic E-state index is 0. The second-order valence-electron chi connectivity index (χ2n) is 16.3. The van der Waals surface area contributed by atoms with Crippen LogP contribution in [0.2, 0.25) is 0 Å². The molecule has 10 aromatic carbocycles. The molecule has 1 heterocycles. The van der Waals surface area contributed by atoms with Gasteiger partial charge in [0.15, 0.2) is 0 Å². The van der Waals surface area contributed by atoms with E-state index in [4.69, 9.17) is 4.98 Å². The van der Waals surface area contributed by atoms with Crippen LogP contribution >= 0.6 is 0 Å². The van der Waals surface area contributed by atoms with Gasteiger partial charge in [-0.15, -0.1) is 35.4 Å². The molecular weight excluding hydrogens is 963 g/mol. The summed E-state index contributed by atoms with van der Waals surface area (Å²) in [6.07, 6.45) is 1.89. The molecule has 0 bridgehead atoms. The van der Waals surface area contributed by atoms with Crippen LogP contribution in [0.25, 0.3) is 111 Å². The fourth-order valence-corrected chi connectivity index (χ4v) is 8.90. The Hall–Kier alpha value is -7.74. The van der Waals surface area contributed by atoms with Crippen LogP contribution in [0, 0.1) is 6.07 Å². The largest absolute Gasteiger partial charge is 0.304 e. The average Bonchev–Trinajstić information content (AvgIpc) is 3.39. The Morgan fingerprint density at radius 2 is 0.585 bits per heavy atom. The van der Waals surface area contributed by atoms with Crippen LogP contribution < -0.4 is 0 Å². The van der Waals surface area contributed by atoms with Gasteiger partial charge in [0.2, 0.25) is 0 Å². The Bertz CT molecular complexity index is 3150. The zero-order chi connectivity index (χ0) is 42.7. The van der Waals surface area contributed by atoms with Gasteiger partial charge >= 0.3 is 0 Å². The van der Waals surface area contributed by atoms with Crippen molar-refractivity contribution in [2.75, 3.05) is 0 Å². The summed E-state index contributed by atoms with van der Waals surface area (Å²) >= 11 is 0. The first-order valence-electron chi connectivity index (χ1n) is 21.8. The molecule has 0 fully saturated rings. The van der Waals surface area contributed by atoms with E-state index < -0.39 is 0 Å². The van der Waals surface area contributed by atoms with Crippen molar-refractivity contribution < 1.29 is 20.1 Å². The van der Waals surface area contributed by atoms with Crippen LogP contribution in [0.5, 0.6) is 0 Å². The molecule has 1 nitrogen and oxygen atoms in total. The standard InChI is InChI=1S/C63H42N.Ir/c1-5-17-44(18-6-1)53-35-54(45-19-7-2-8-20-45)38-58(37-53)60-41-57(42-61(43-60)59-39-55(46-21-9-3-10-22-46)36-56(40-59)47-23-11-4-12-24-47)51-28-15-26-49(33-51)50-27-16-29-52(34-50)63-62-30-14-13-25-48(62)31-32-64-63;/h1-28,30-43H;/q-1;. The molecule has 1 radical (unpaired) electrons. The van der Waals surface area contributed by atoms with Crippen molar-refractivity contribution in [3.05, 3.63) is 261 Å². The number of nitrogens with zero attached hydrogens (tertiary/aromatic N) is 1. The Kier molecular flexibility index (Phi) is 11.8. The van der Waals surface area contributed by atoms with E-state index >= 15 is 0 Å². The Labute approximate surface area is 394 Å². The topological polar surface area (TPSA) is 12.9 Å². The summed E-state index contributed by atoms with van der Waals surface area (Å²) in [4.78, 5) is 4.82. The smallest absolute Gasteiger partial charge is 0.0167 e. The van der Waals surface area contributed by atoms with Crippen LogP contribution in [-0.4, -0.2) is 4.98 Å². The Morgan fingerprint density at radius 1 is 0.262 bits per heavy atom. The van der Waals surface area contributed by atoms with Crippen LogP contribution in [0.3, 0.4) is 0 Å². The first-order chi connectivity index (χ1) is 31.7. The SMILES string of the molecule is [Ir].[c-]1ccc(-c2cccc(-c3cc(-c4cc(-c5ccccc5)cc(-c5ccccc5)c4)cc(-c4cc(-c5ccccc5)cc(-c5ccccc5)c4)c3)c2)cc1-c1nccc2ccccc12. The summed E-state index contributed by atoms with van der Waals surface area (Å²) in [5.41, 5.74) is 20.5. The number of rotatable bonds is 9. The molecule has 1 aromatic heterocycles. The van der Waals surface area contributed by atoms with Gasteiger partial charge in [0.25, 0.3) is 0 Å². The molecule has 0 unspecified atom stereocenters. The maximum Gasteiger partial charge on any atom is 0.0167 e. The minimum Gasteiger partial charge on any atom is -0.304 e. The number of hydrogen-bond acceptors (Lipinski definition) is 1. The van der Waals surface area contributed by atoms with Crippen molar-refractivity contribution in [3.63, 3.8) is 0 Å². The summed E-state index contributed by atoms with van der Waals surface area (Å²) < 4.78 is 0. The van der Waals surface area contributed by atoms with Crippen molar-refractivity contribution in [1.82, 2.24) is 4.98 Å². The van der Waals surface area contributed by atoms with Gasteiger partial charge in [-0.1, -0.05) is 164 Å². The molecule has 0 spiro atoms. The molecule has 0 saturated heterocycles. The van der Waals surface area contributed by atoms with Crippen molar-refractivity contribution >= 4 is 10.8 Å². The Morgan fingerprint density at radius 3 is 1.03 bits per heavy atom. The van der Waals surface area contributed by atoms with Gasteiger partial charge in [0.1, 0.15) is 0 Å². The fraction of sp³-hybridized carbons (Fsp3) is 0. The first kappa shape index (κ1) is 41.3. The molecule has 0 atom stereocenters. The zero-order valence-corrected chi connectivity index (χ0v) is 37.9.